The van der Waals surface area contributed by atoms with Crippen molar-refractivity contribution >= 4 is 37.8 Å². The average molecular weight is 550 g/mol. The van der Waals surface area contributed by atoms with Gasteiger partial charge in [-0.05, 0) is 66.2 Å². The van der Waals surface area contributed by atoms with Gasteiger partial charge in [-0.25, -0.2) is 20.1 Å². The Hall–Kier alpha value is -2.74. The second-order valence-corrected chi connectivity index (χ2v) is 10.2. The molecule has 3 atom stereocenters. The summed E-state index contributed by atoms with van der Waals surface area (Å²) in [6, 6.07) is 7.14. The molecule has 3 heterocycles. The summed E-state index contributed by atoms with van der Waals surface area (Å²) >= 11 is 3.37. The molecule has 34 heavy (non-hydrogen) atoms. The van der Waals surface area contributed by atoms with Gasteiger partial charge in [0.2, 0.25) is 5.78 Å². The molecule has 1 aliphatic rings. The van der Waals surface area contributed by atoms with Crippen LogP contribution in [-0.4, -0.2) is 51.6 Å². The summed E-state index contributed by atoms with van der Waals surface area (Å²) in [6.07, 6.45) is 6.79. The Labute approximate surface area is 205 Å². The lowest BCUT2D eigenvalue weighted by Crippen LogP contribution is -2.22. The summed E-state index contributed by atoms with van der Waals surface area (Å²) in [4.78, 5) is 26.0. The fourth-order valence-corrected chi connectivity index (χ4v) is 4.70. The molecule has 0 aromatic carbocycles. The zero-order valence-corrected chi connectivity index (χ0v) is 20.7. The Morgan fingerprint density at radius 3 is 2.94 bits per heavy atom. The van der Waals surface area contributed by atoms with Crippen molar-refractivity contribution in [2.45, 2.75) is 38.3 Å². The number of hydrogen-bond acceptors (Lipinski definition) is 9. The number of halogens is 1. The molecule has 3 aromatic rings. The predicted octanol–water partition coefficient (Wildman–Crippen LogP) is 2.47. The molecule has 4 rings (SSSR count). The lowest BCUT2D eigenvalue weighted by Gasteiger charge is -2.16. The first-order valence-electron chi connectivity index (χ1n) is 10.7. The van der Waals surface area contributed by atoms with Crippen molar-refractivity contribution in [3.8, 4) is 0 Å². The molecule has 0 bridgehead atoms. The van der Waals surface area contributed by atoms with Crippen molar-refractivity contribution in [1.82, 2.24) is 24.7 Å². The van der Waals surface area contributed by atoms with Crippen LogP contribution < -0.4 is 10.5 Å². The molecule has 0 radical (unpaired) electrons. The molecule has 0 saturated heterocycles. The van der Waals surface area contributed by atoms with E-state index >= 15 is 0 Å². The van der Waals surface area contributed by atoms with Crippen LogP contribution in [0, 0.1) is 5.92 Å². The quantitative estimate of drug-likeness (QED) is 0.302. The number of nitrogens with two attached hydrogens (primary N) is 1. The number of carbonyl (C=O) groups excluding carboxylic acids is 1. The topological polar surface area (TPSA) is 155 Å². The van der Waals surface area contributed by atoms with Crippen LogP contribution in [-0.2, 0) is 14.5 Å². The fraction of sp³-hybridized carbons (Fsp3) is 0.381. The number of nitrogens with one attached hydrogen (secondary N) is 1. The van der Waals surface area contributed by atoms with Gasteiger partial charge < -0.3 is 5.32 Å². The second-order valence-electron chi connectivity index (χ2n) is 8.15. The van der Waals surface area contributed by atoms with Crippen LogP contribution in [0.5, 0.6) is 0 Å². The van der Waals surface area contributed by atoms with Crippen LogP contribution in [0.25, 0.3) is 0 Å². The summed E-state index contributed by atoms with van der Waals surface area (Å²) in [5.41, 5.74) is 1.39. The summed E-state index contributed by atoms with van der Waals surface area (Å²) < 4.78 is 29.2. The molecule has 1 fully saturated rings. The third-order valence-corrected chi connectivity index (χ3v) is 6.62. The van der Waals surface area contributed by atoms with E-state index in [9.17, 15) is 13.2 Å². The molecule has 0 spiro atoms. The van der Waals surface area contributed by atoms with Crippen molar-refractivity contribution in [1.29, 1.82) is 0 Å². The molecule has 180 valence electrons. The minimum absolute atomic E-state index is 0.00992. The van der Waals surface area contributed by atoms with Crippen molar-refractivity contribution in [3.05, 3.63) is 64.5 Å². The third-order valence-electron chi connectivity index (χ3n) is 5.71. The van der Waals surface area contributed by atoms with Gasteiger partial charge in [0.25, 0.3) is 0 Å². The largest absolute Gasteiger partial charge is 0.367 e. The zero-order valence-electron chi connectivity index (χ0n) is 18.3. The second kappa shape index (κ2) is 10.3. The van der Waals surface area contributed by atoms with Gasteiger partial charge in [-0.15, -0.1) is 0 Å². The van der Waals surface area contributed by atoms with Gasteiger partial charge in [0.15, 0.2) is 0 Å². The van der Waals surface area contributed by atoms with E-state index < -0.39 is 10.3 Å². The number of rotatable bonds is 9. The predicted molar refractivity (Wildman–Crippen MR) is 127 cm³/mol. The fourth-order valence-electron chi connectivity index (χ4n) is 3.96. The van der Waals surface area contributed by atoms with Gasteiger partial charge in [-0.1, -0.05) is 6.07 Å². The van der Waals surface area contributed by atoms with E-state index in [-0.39, 0.29) is 36.1 Å². The van der Waals surface area contributed by atoms with Gasteiger partial charge in [0.1, 0.15) is 22.4 Å². The first-order chi connectivity index (χ1) is 16.2. The van der Waals surface area contributed by atoms with Crippen LogP contribution in [0.1, 0.15) is 54.0 Å². The summed E-state index contributed by atoms with van der Waals surface area (Å²) in [5, 5.41) is 12.7. The maximum Gasteiger partial charge on any atom is 0.333 e. The number of ketones is 1. The molecular weight excluding hydrogens is 526 g/mol. The highest BCUT2D eigenvalue weighted by molar-refractivity contribution is 9.10. The molecule has 0 aliphatic heterocycles. The van der Waals surface area contributed by atoms with E-state index in [4.69, 9.17) is 9.32 Å². The first-order valence-corrected chi connectivity index (χ1v) is 12.9. The summed E-state index contributed by atoms with van der Waals surface area (Å²) in [5.74, 6) is 0.151. The Kier molecular flexibility index (Phi) is 7.36. The molecule has 0 amide bonds. The normalized spacial score (nSPS) is 19.1. The van der Waals surface area contributed by atoms with Gasteiger partial charge >= 0.3 is 10.3 Å². The highest BCUT2D eigenvalue weighted by Crippen LogP contribution is 2.29. The van der Waals surface area contributed by atoms with E-state index in [2.05, 4.69) is 41.3 Å². The van der Waals surface area contributed by atoms with Crippen LogP contribution >= 0.6 is 15.9 Å². The van der Waals surface area contributed by atoms with Gasteiger partial charge in [0.05, 0.1) is 23.9 Å². The lowest BCUT2D eigenvalue weighted by molar-refractivity contribution is 0.103. The van der Waals surface area contributed by atoms with Gasteiger partial charge in [-0.3, -0.25) is 13.7 Å². The van der Waals surface area contributed by atoms with Gasteiger partial charge in [0, 0.05) is 18.4 Å². The van der Waals surface area contributed by atoms with E-state index in [1.54, 1.807) is 16.9 Å². The number of carbonyl (C=O) groups is 1. The smallest absolute Gasteiger partial charge is 0.333 e. The van der Waals surface area contributed by atoms with E-state index in [0.29, 0.717) is 17.8 Å². The number of hydrogen-bond donors (Lipinski definition) is 2. The Bertz CT molecular complexity index is 1280. The maximum atomic E-state index is 13.2. The Morgan fingerprint density at radius 2 is 2.18 bits per heavy atom. The van der Waals surface area contributed by atoms with Crippen LogP contribution in [0.3, 0.4) is 0 Å². The van der Waals surface area contributed by atoms with E-state index in [1.165, 1.54) is 12.5 Å². The van der Waals surface area contributed by atoms with Crippen LogP contribution in [0.4, 0.5) is 5.82 Å². The Morgan fingerprint density at radius 1 is 1.35 bits per heavy atom. The highest BCUT2D eigenvalue weighted by Gasteiger charge is 2.28. The lowest BCUT2D eigenvalue weighted by atomic mass is 10.1. The first kappa shape index (κ1) is 24.4. The number of nitrogens with zero attached hydrogens (tertiary/aromatic N) is 5. The molecule has 1 saturated carbocycles. The number of pyridine rings is 1. The van der Waals surface area contributed by atoms with E-state index in [1.807, 2.05) is 25.1 Å². The van der Waals surface area contributed by atoms with Crippen LogP contribution in [0.2, 0.25) is 0 Å². The molecular formula is C21H24BrN7O4S. The van der Waals surface area contributed by atoms with Crippen molar-refractivity contribution < 1.29 is 17.4 Å². The molecule has 1 aliphatic carbocycles. The minimum atomic E-state index is -3.96. The van der Waals surface area contributed by atoms with Crippen LogP contribution in [0.15, 0.2) is 47.6 Å². The molecule has 13 heteroatoms. The van der Waals surface area contributed by atoms with Gasteiger partial charge in [-0.2, -0.15) is 13.5 Å². The number of anilines is 1. The molecule has 11 nitrogen and oxygen atoms in total. The highest BCUT2D eigenvalue weighted by atomic mass is 79.9. The van der Waals surface area contributed by atoms with Crippen molar-refractivity contribution in [2.75, 3.05) is 11.9 Å². The zero-order chi connectivity index (χ0) is 24.3. The monoisotopic (exact) mass is 549 g/mol. The third kappa shape index (κ3) is 6.03. The molecule has 3 aromatic heterocycles. The average Bonchev–Trinajstić information content (AvgIpc) is 3.47. The van der Waals surface area contributed by atoms with E-state index in [0.717, 1.165) is 23.1 Å². The van der Waals surface area contributed by atoms with Crippen molar-refractivity contribution in [2.24, 2.45) is 11.1 Å². The maximum absolute atomic E-state index is 13.2. The SMILES string of the molecule is CC(c1cccc(Br)n1)n1ccc(C(=O)c2cncnc2N[C@H]2CC[C@@H](COS(N)(=O)=O)C2)n1. The molecule has 1 unspecified atom stereocenters. The summed E-state index contributed by atoms with van der Waals surface area (Å²) in [6.45, 7) is 1.99. The minimum Gasteiger partial charge on any atom is -0.367 e. The number of aromatic nitrogens is 5. The summed E-state index contributed by atoms with van der Waals surface area (Å²) in [7, 11) is -3.96. The molecule has 3 N–H and O–H groups in total. The van der Waals surface area contributed by atoms with Crippen molar-refractivity contribution in [3.63, 3.8) is 0 Å². The standard InChI is InChI=1S/C21H24BrN7O4S/c1-13(17-3-2-4-19(22)27-17)29-8-7-18(28-29)20(30)16-10-24-12-25-21(16)26-15-6-5-14(9-15)11-33-34(23,31)32/h2-4,7-8,10,12-15H,5-6,9,11H2,1H3,(H2,23,31,32)(H,24,25,26)/t13?,14-,15+/m1/s1. The Balaban J connectivity index is 1.45.